The smallest absolute Gasteiger partial charge is 0.218 e. The summed E-state index contributed by atoms with van der Waals surface area (Å²) >= 11 is 0. The van der Waals surface area contributed by atoms with Crippen LogP contribution in [0.4, 0.5) is 5.82 Å². The molecule has 1 aliphatic rings. The van der Waals surface area contributed by atoms with E-state index in [0.29, 0.717) is 17.8 Å². The van der Waals surface area contributed by atoms with E-state index < -0.39 is 0 Å². The molecule has 1 saturated carbocycles. The van der Waals surface area contributed by atoms with Crippen molar-refractivity contribution < 1.29 is 4.74 Å². The molecule has 0 spiro atoms. The van der Waals surface area contributed by atoms with E-state index in [1.165, 1.54) is 5.56 Å². The van der Waals surface area contributed by atoms with Crippen molar-refractivity contribution in [3.8, 4) is 5.88 Å². The maximum atomic E-state index is 5.16. The largest absolute Gasteiger partial charge is 0.481 e. The van der Waals surface area contributed by atoms with E-state index in [4.69, 9.17) is 4.74 Å². The van der Waals surface area contributed by atoms with Gasteiger partial charge in [-0.1, -0.05) is 30.3 Å². The van der Waals surface area contributed by atoms with E-state index in [-0.39, 0.29) is 0 Å². The Bertz CT molecular complexity index is 571. The molecule has 1 heterocycles. The van der Waals surface area contributed by atoms with Crippen LogP contribution < -0.4 is 10.1 Å². The van der Waals surface area contributed by atoms with Gasteiger partial charge in [0.05, 0.1) is 7.11 Å². The van der Waals surface area contributed by atoms with Crippen LogP contribution in [0, 0.1) is 6.92 Å². The van der Waals surface area contributed by atoms with Crippen molar-refractivity contribution in [3.05, 3.63) is 47.8 Å². The maximum absolute atomic E-state index is 5.16. The van der Waals surface area contributed by atoms with Crippen LogP contribution in [0.5, 0.6) is 5.88 Å². The normalized spacial score (nSPS) is 20.9. The fourth-order valence-electron chi connectivity index (χ4n) is 2.33. The Morgan fingerprint density at radius 3 is 2.74 bits per heavy atom. The van der Waals surface area contributed by atoms with Gasteiger partial charge < -0.3 is 10.1 Å². The Morgan fingerprint density at radius 2 is 2.00 bits per heavy atom. The summed E-state index contributed by atoms with van der Waals surface area (Å²) in [5, 5.41) is 3.45. The average Bonchev–Trinajstić information content (AvgIpc) is 3.18. The first kappa shape index (κ1) is 12.0. The van der Waals surface area contributed by atoms with Crippen LogP contribution in [0.2, 0.25) is 0 Å². The molecule has 98 valence electrons. The zero-order valence-corrected chi connectivity index (χ0v) is 11.1. The summed E-state index contributed by atoms with van der Waals surface area (Å²) in [5.41, 5.74) is 1.39. The van der Waals surface area contributed by atoms with Crippen LogP contribution in [0.3, 0.4) is 0 Å². The van der Waals surface area contributed by atoms with Gasteiger partial charge in [0.15, 0.2) is 0 Å². The Balaban J connectivity index is 1.69. The van der Waals surface area contributed by atoms with E-state index in [1.807, 2.05) is 19.1 Å². The summed E-state index contributed by atoms with van der Waals surface area (Å²) in [7, 11) is 1.62. The SMILES string of the molecule is COc1cc(NC2CC2c2ccccc2)nc(C)n1. The molecule has 2 unspecified atom stereocenters. The summed E-state index contributed by atoms with van der Waals surface area (Å²) in [6.45, 7) is 1.87. The van der Waals surface area contributed by atoms with Gasteiger partial charge in [-0.2, -0.15) is 4.98 Å². The molecule has 1 N–H and O–H groups in total. The average molecular weight is 255 g/mol. The molecular formula is C15H17N3O. The Morgan fingerprint density at radius 1 is 1.21 bits per heavy atom. The molecule has 19 heavy (non-hydrogen) atoms. The van der Waals surface area contributed by atoms with Crippen molar-refractivity contribution >= 4 is 5.82 Å². The number of nitrogens with zero attached hydrogens (tertiary/aromatic N) is 2. The van der Waals surface area contributed by atoms with Gasteiger partial charge in [-0.05, 0) is 18.9 Å². The number of nitrogens with one attached hydrogen (secondary N) is 1. The quantitative estimate of drug-likeness (QED) is 0.912. The monoisotopic (exact) mass is 255 g/mol. The second-order valence-corrected chi connectivity index (χ2v) is 4.85. The molecule has 4 heteroatoms. The van der Waals surface area contributed by atoms with Crippen molar-refractivity contribution in [1.82, 2.24) is 9.97 Å². The first-order valence-electron chi connectivity index (χ1n) is 6.47. The zero-order chi connectivity index (χ0) is 13.2. The number of methoxy groups -OCH3 is 1. The minimum atomic E-state index is 0.460. The van der Waals surface area contributed by atoms with Crippen molar-refractivity contribution in [2.45, 2.75) is 25.3 Å². The number of hydrogen-bond acceptors (Lipinski definition) is 4. The Kier molecular flexibility index (Phi) is 3.07. The predicted octanol–water partition coefficient (Wildman–Crippen LogP) is 2.76. The molecule has 0 aliphatic heterocycles. The lowest BCUT2D eigenvalue weighted by Crippen LogP contribution is -2.07. The van der Waals surface area contributed by atoms with Gasteiger partial charge in [-0.3, -0.25) is 0 Å². The number of aromatic nitrogens is 2. The number of aryl methyl sites for hydroxylation is 1. The van der Waals surface area contributed by atoms with Crippen LogP contribution in [-0.2, 0) is 0 Å². The molecule has 1 aromatic carbocycles. The Labute approximate surface area is 112 Å². The first-order chi connectivity index (χ1) is 9.26. The number of anilines is 1. The number of rotatable bonds is 4. The highest BCUT2D eigenvalue weighted by Gasteiger charge is 2.38. The maximum Gasteiger partial charge on any atom is 0.218 e. The Hall–Kier alpha value is -2.10. The fourth-order valence-corrected chi connectivity index (χ4v) is 2.33. The lowest BCUT2D eigenvalue weighted by atomic mass is 10.1. The van der Waals surface area contributed by atoms with Gasteiger partial charge in [-0.25, -0.2) is 4.98 Å². The van der Waals surface area contributed by atoms with Gasteiger partial charge in [0.1, 0.15) is 11.6 Å². The highest BCUT2D eigenvalue weighted by Crippen LogP contribution is 2.42. The third-order valence-corrected chi connectivity index (χ3v) is 3.38. The number of benzene rings is 1. The molecule has 1 aromatic heterocycles. The second-order valence-electron chi connectivity index (χ2n) is 4.85. The lowest BCUT2D eigenvalue weighted by Gasteiger charge is -2.07. The molecule has 1 aliphatic carbocycles. The molecule has 1 fully saturated rings. The van der Waals surface area contributed by atoms with Crippen LogP contribution in [-0.4, -0.2) is 23.1 Å². The summed E-state index contributed by atoms with van der Waals surface area (Å²) in [5.74, 6) is 2.75. The third kappa shape index (κ3) is 2.67. The van der Waals surface area contributed by atoms with Crippen molar-refractivity contribution in [1.29, 1.82) is 0 Å². The standard InChI is InChI=1S/C15H17N3O/c1-10-16-14(9-15(17-10)19-2)18-13-8-12(13)11-6-4-3-5-7-11/h3-7,9,12-13H,8H2,1-2H3,(H,16,17,18). The van der Waals surface area contributed by atoms with Crippen LogP contribution >= 0.6 is 0 Å². The van der Waals surface area contributed by atoms with E-state index >= 15 is 0 Å². The summed E-state index contributed by atoms with van der Waals surface area (Å²) in [6.07, 6.45) is 1.15. The van der Waals surface area contributed by atoms with E-state index in [2.05, 4.69) is 39.6 Å². The third-order valence-electron chi connectivity index (χ3n) is 3.38. The van der Waals surface area contributed by atoms with Gasteiger partial charge in [0.25, 0.3) is 0 Å². The molecule has 4 nitrogen and oxygen atoms in total. The topological polar surface area (TPSA) is 47.0 Å². The summed E-state index contributed by atoms with van der Waals surface area (Å²) in [4.78, 5) is 8.57. The highest BCUT2D eigenvalue weighted by atomic mass is 16.5. The molecule has 2 atom stereocenters. The molecule has 2 aromatic rings. The fraction of sp³-hybridized carbons (Fsp3) is 0.333. The molecule has 0 bridgehead atoms. The van der Waals surface area contributed by atoms with Gasteiger partial charge in [-0.15, -0.1) is 0 Å². The van der Waals surface area contributed by atoms with Crippen LogP contribution in [0.1, 0.15) is 23.7 Å². The van der Waals surface area contributed by atoms with Crippen molar-refractivity contribution in [2.24, 2.45) is 0 Å². The highest BCUT2D eigenvalue weighted by molar-refractivity contribution is 5.44. The summed E-state index contributed by atoms with van der Waals surface area (Å²) in [6, 6.07) is 12.9. The van der Waals surface area contributed by atoms with E-state index in [0.717, 1.165) is 18.1 Å². The molecule has 0 amide bonds. The second kappa shape index (κ2) is 4.88. The van der Waals surface area contributed by atoms with E-state index in [9.17, 15) is 0 Å². The van der Waals surface area contributed by atoms with E-state index in [1.54, 1.807) is 7.11 Å². The number of ether oxygens (including phenoxy) is 1. The van der Waals surface area contributed by atoms with Crippen LogP contribution in [0.25, 0.3) is 0 Å². The molecule has 0 saturated heterocycles. The van der Waals surface area contributed by atoms with Crippen molar-refractivity contribution in [3.63, 3.8) is 0 Å². The molecule has 3 rings (SSSR count). The molecule has 0 radical (unpaired) electrons. The first-order valence-corrected chi connectivity index (χ1v) is 6.47. The van der Waals surface area contributed by atoms with Crippen LogP contribution in [0.15, 0.2) is 36.4 Å². The van der Waals surface area contributed by atoms with Gasteiger partial charge in [0, 0.05) is 18.0 Å². The number of hydrogen-bond donors (Lipinski definition) is 1. The minimum absolute atomic E-state index is 0.460. The van der Waals surface area contributed by atoms with Crippen molar-refractivity contribution in [2.75, 3.05) is 12.4 Å². The van der Waals surface area contributed by atoms with Gasteiger partial charge >= 0.3 is 0 Å². The molecular weight excluding hydrogens is 238 g/mol. The lowest BCUT2D eigenvalue weighted by molar-refractivity contribution is 0.396. The summed E-state index contributed by atoms with van der Waals surface area (Å²) < 4.78 is 5.16. The minimum Gasteiger partial charge on any atom is -0.481 e. The predicted molar refractivity (Wildman–Crippen MR) is 74.5 cm³/mol. The zero-order valence-electron chi connectivity index (χ0n) is 11.1. The van der Waals surface area contributed by atoms with Gasteiger partial charge in [0.2, 0.25) is 5.88 Å².